The van der Waals surface area contributed by atoms with Crippen LogP contribution in [0.4, 0.5) is 0 Å². The number of nitrogens with zero attached hydrogens (tertiary/aromatic N) is 4. The van der Waals surface area contributed by atoms with E-state index in [2.05, 4.69) is 44.5 Å². The molecular weight excluding hydrogens is 294 g/mol. The summed E-state index contributed by atoms with van der Waals surface area (Å²) in [6.45, 7) is 5.36. The first-order chi connectivity index (χ1) is 9.99. The summed E-state index contributed by atoms with van der Waals surface area (Å²) in [5.41, 5.74) is 0. The van der Waals surface area contributed by atoms with Crippen molar-refractivity contribution in [3.63, 3.8) is 0 Å². The topological polar surface area (TPSA) is 116 Å². The molecule has 0 radical (unpaired) electrons. The van der Waals surface area contributed by atoms with Crippen LogP contribution in [0.2, 0.25) is 0 Å². The van der Waals surface area contributed by atoms with E-state index in [0.29, 0.717) is 25.0 Å². The molecule has 2 heterocycles. The number of nitrogens with one attached hydrogen (secondary N) is 3. The highest BCUT2D eigenvalue weighted by molar-refractivity contribution is 7.87. The first-order valence-corrected chi connectivity index (χ1v) is 8.65. The first-order valence-electron chi connectivity index (χ1n) is 7.21. The van der Waals surface area contributed by atoms with Gasteiger partial charge in [0.25, 0.3) is 10.2 Å². The number of hydrogen-bond acceptors (Lipinski definition) is 6. The van der Waals surface area contributed by atoms with Crippen molar-refractivity contribution in [2.75, 3.05) is 13.1 Å². The molecule has 21 heavy (non-hydrogen) atoms. The van der Waals surface area contributed by atoms with Gasteiger partial charge in [-0.15, -0.1) is 10.2 Å². The Morgan fingerprint density at radius 1 is 1.43 bits per heavy atom. The molecule has 1 unspecified atom stereocenters. The molecular formula is C11H23N7O2S. The summed E-state index contributed by atoms with van der Waals surface area (Å²) in [7, 11) is -3.53. The van der Waals surface area contributed by atoms with E-state index < -0.39 is 10.2 Å². The van der Waals surface area contributed by atoms with Crippen LogP contribution in [0.25, 0.3) is 0 Å². The molecule has 10 heteroatoms. The zero-order valence-electron chi connectivity index (χ0n) is 12.4. The monoisotopic (exact) mass is 317 g/mol. The minimum Gasteiger partial charge on any atom is -0.313 e. The van der Waals surface area contributed by atoms with Crippen LogP contribution in [0.1, 0.15) is 38.9 Å². The van der Waals surface area contributed by atoms with Gasteiger partial charge in [0.05, 0.1) is 6.54 Å². The molecule has 9 nitrogen and oxygen atoms in total. The van der Waals surface area contributed by atoms with Gasteiger partial charge in [-0.05, 0) is 12.8 Å². The fourth-order valence-electron chi connectivity index (χ4n) is 2.36. The third-order valence-corrected chi connectivity index (χ3v) is 5.05. The van der Waals surface area contributed by atoms with Crippen molar-refractivity contribution in [1.29, 1.82) is 0 Å². The van der Waals surface area contributed by atoms with E-state index in [1.807, 2.05) is 0 Å². The van der Waals surface area contributed by atoms with Crippen LogP contribution in [0.3, 0.4) is 0 Å². The lowest BCUT2D eigenvalue weighted by atomic mass is 10.0. The van der Waals surface area contributed by atoms with Crippen molar-refractivity contribution in [2.45, 2.75) is 51.7 Å². The summed E-state index contributed by atoms with van der Waals surface area (Å²) >= 11 is 0. The predicted molar refractivity (Wildman–Crippen MR) is 77.4 cm³/mol. The quantitative estimate of drug-likeness (QED) is 0.617. The number of aromatic amines is 1. The number of rotatable bonds is 7. The molecule has 1 aliphatic heterocycles. The Kier molecular flexibility index (Phi) is 5.62. The Balaban J connectivity index is 1.97. The summed E-state index contributed by atoms with van der Waals surface area (Å²) in [6.07, 6.45) is 2.82. The fourth-order valence-corrected chi connectivity index (χ4v) is 3.78. The maximum atomic E-state index is 12.4. The lowest BCUT2D eigenvalue weighted by Crippen LogP contribution is -2.52. The van der Waals surface area contributed by atoms with Crippen molar-refractivity contribution in [2.24, 2.45) is 0 Å². The van der Waals surface area contributed by atoms with Crippen molar-refractivity contribution >= 4 is 10.2 Å². The van der Waals surface area contributed by atoms with Gasteiger partial charge in [0, 0.05) is 25.2 Å². The molecule has 0 aromatic carbocycles. The van der Waals surface area contributed by atoms with Crippen LogP contribution in [0.5, 0.6) is 0 Å². The van der Waals surface area contributed by atoms with Crippen molar-refractivity contribution in [3.8, 4) is 0 Å². The zero-order valence-corrected chi connectivity index (χ0v) is 13.2. The van der Waals surface area contributed by atoms with E-state index in [1.54, 1.807) is 4.31 Å². The van der Waals surface area contributed by atoms with E-state index in [1.165, 1.54) is 0 Å². The Bertz CT molecular complexity index is 517. The van der Waals surface area contributed by atoms with Crippen LogP contribution in [-0.4, -0.2) is 58.5 Å². The van der Waals surface area contributed by atoms with Crippen LogP contribution in [-0.2, 0) is 16.8 Å². The van der Waals surface area contributed by atoms with Crippen LogP contribution in [0, 0.1) is 0 Å². The third kappa shape index (κ3) is 4.70. The average molecular weight is 317 g/mol. The molecule has 1 saturated heterocycles. The molecule has 1 atom stereocenters. The molecule has 0 spiro atoms. The highest BCUT2D eigenvalue weighted by Gasteiger charge is 2.32. The molecule has 1 aromatic heterocycles. The number of tetrazole rings is 1. The minimum atomic E-state index is -3.53. The molecule has 1 aromatic rings. The summed E-state index contributed by atoms with van der Waals surface area (Å²) in [4.78, 5) is 0. The van der Waals surface area contributed by atoms with E-state index in [9.17, 15) is 8.42 Å². The van der Waals surface area contributed by atoms with E-state index >= 15 is 0 Å². The van der Waals surface area contributed by atoms with Gasteiger partial charge in [0.2, 0.25) is 0 Å². The van der Waals surface area contributed by atoms with Gasteiger partial charge >= 0.3 is 0 Å². The molecule has 3 N–H and O–H groups in total. The maximum absolute atomic E-state index is 12.4. The Labute approximate surface area is 125 Å². The number of H-pyrrole nitrogens is 1. The third-order valence-electron chi connectivity index (χ3n) is 3.45. The Morgan fingerprint density at radius 2 is 2.24 bits per heavy atom. The SMILES string of the molecule is CC(C)NCC1CCCCN1S(=O)(=O)NCc1nn[nH]n1. The normalized spacial score (nSPS) is 21.0. The summed E-state index contributed by atoms with van der Waals surface area (Å²) in [6, 6.07) is 0.327. The first kappa shape index (κ1) is 16.3. The minimum absolute atomic E-state index is 0.0103. The van der Waals surface area contributed by atoms with Gasteiger partial charge < -0.3 is 5.32 Å². The number of hydrogen-bond donors (Lipinski definition) is 3. The van der Waals surface area contributed by atoms with Gasteiger partial charge in [-0.25, -0.2) is 0 Å². The predicted octanol–water partition coefficient (Wildman–Crippen LogP) is -0.613. The highest BCUT2D eigenvalue weighted by atomic mass is 32.2. The number of aromatic nitrogens is 4. The smallest absolute Gasteiger partial charge is 0.280 e. The fraction of sp³-hybridized carbons (Fsp3) is 0.909. The second-order valence-corrected chi connectivity index (χ2v) is 7.19. The molecule has 0 aliphatic carbocycles. The van der Waals surface area contributed by atoms with Crippen LogP contribution in [0.15, 0.2) is 0 Å². The lowest BCUT2D eigenvalue weighted by molar-refractivity contribution is 0.239. The second-order valence-electron chi connectivity index (χ2n) is 5.48. The van der Waals surface area contributed by atoms with Gasteiger partial charge in [-0.3, -0.25) is 0 Å². The average Bonchev–Trinajstić information content (AvgIpc) is 2.97. The standard InChI is InChI=1S/C11H23N7O2S/c1-9(2)12-7-10-5-3-4-6-18(10)21(19,20)13-8-11-14-16-17-15-11/h9-10,12-13H,3-8H2,1-2H3,(H,14,15,16,17). The lowest BCUT2D eigenvalue weighted by Gasteiger charge is -2.35. The molecule has 1 fully saturated rings. The Hall–Kier alpha value is -1.10. The van der Waals surface area contributed by atoms with Crippen molar-refractivity contribution < 1.29 is 8.42 Å². The van der Waals surface area contributed by atoms with E-state index in [4.69, 9.17) is 0 Å². The Morgan fingerprint density at radius 3 is 2.90 bits per heavy atom. The van der Waals surface area contributed by atoms with Crippen LogP contribution >= 0.6 is 0 Å². The van der Waals surface area contributed by atoms with Crippen molar-refractivity contribution in [1.82, 2.24) is 35.0 Å². The summed E-state index contributed by atoms with van der Waals surface area (Å²) in [5, 5.41) is 16.5. The van der Waals surface area contributed by atoms with Gasteiger partial charge in [-0.1, -0.05) is 25.5 Å². The summed E-state index contributed by atoms with van der Waals surface area (Å²) < 4.78 is 29.0. The number of piperidine rings is 1. The largest absolute Gasteiger partial charge is 0.313 e. The highest BCUT2D eigenvalue weighted by Crippen LogP contribution is 2.19. The van der Waals surface area contributed by atoms with E-state index in [0.717, 1.165) is 19.3 Å². The van der Waals surface area contributed by atoms with Crippen molar-refractivity contribution in [3.05, 3.63) is 5.82 Å². The molecule has 2 rings (SSSR count). The molecule has 0 amide bonds. The molecule has 0 bridgehead atoms. The zero-order chi connectivity index (χ0) is 15.3. The van der Waals surface area contributed by atoms with E-state index in [-0.39, 0.29) is 12.6 Å². The van der Waals surface area contributed by atoms with Crippen LogP contribution < -0.4 is 10.0 Å². The van der Waals surface area contributed by atoms with Gasteiger partial charge in [-0.2, -0.15) is 22.7 Å². The van der Waals surface area contributed by atoms with Gasteiger partial charge in [0.1, 0.15) is 0 Å². The summed E-state index contributed by atoms with van der Waals surface area (Å²) in [5.74, 6) is 0.326. The van der Waals surface area contributed by atoms with Gasteiger partial charge in [0.15, 0.2) is 5.82 Å². The molecule has 120 valence electrons. The second kappa shape index (κ2) is 7.25. The molecule has 0 saturated carbocycles. The molecule has 1 aliphatic rings. The maximum Gasteiger partial charge on any atom is 0.280 e.